The molecule has 0 radical (unpaired) electrons. The molecule has 7 heteroatoms. The molecule has 2 aromatic heterocycles. The summed E-state index contributed by atoms with van der Waals surface area (Å²) in [7, 11) is -2.87. The highest BCUT2D eigenvalue weighted by molar-refractivity contribution is 7.91. The minimum atomic E-state index is -2.87. The number of hydrogen-bond acceptors (Lipinski definition) is 5. The van der Waals surface area contributed by atoms with Crippen LogP contribution in [0.2, 0.25) is 0 Å². The maximum absolute atomic E-state index is 11.7. The van der Waals surface area contributed by atoms with Crippen LogP contribution in [0.1, 0.15) is 12.0 Å². The predicted molar refractivity (Wildman–Crippen MR) is 100 cm³/mol. The minimum absolute atomic E-state index is 0.139. The van der Waals surface area contributed by atoms with Gasteiger partial charge in [0.05, 0.1) is 17.1 Å². The van der Waals surface area contributed by atoms with Crippen molar-refractivity contribution >= 4 is 9.84 Å². The van der Waals surface area contributed by atoms with E-state index in [-0.39, 0.29) is 17.4 Å². The molecule has 1 saturated heterocycles. The highest BCUT2D eigenvalue weighted by Crippen LogP contribution is 2.25. The minimum Gasteiger partial charge on any atom is -0.331 e. The van der Waals surface area contributed by atoms with Gasteiger partial charge in [0.2, 0.25) is 0 Å². The van der Waals surface area contributed by atoms with Crippen LogP contribution in [-0.2, 0) is 16.4 Å². The van der Waals surface area contributed by atoms with Crippen LogP contribution >= 0.6 is 0 Å². The van der Waals surface area contributed by atoms with Crippen LogP contribution < -0.4 is 0 Å². The molecule has 0 saturated carbocycles. The number of sulfone groups is 1. The lowest BCUT2D eigenvalue weighted by Gasteiger charge is -2.12. The standard InChI is InChI=1S/C19H20N4O2S/c1-14-4-2-3-5-17(14)18-21-10-16(11-22-18)19-20-7-8-23(19)12-15-6-9-26(24,25)13-15/h2-5,7-8,10-11,15H,6,9,12-13H2,1H3/t15-/m0/s1. The van der Waals surface area contributed by atoms with Crippen LogP contribution in [0.5, 0.6) is 0 Å². The second kappa shape index (κ2) is 6.64. The fraction of sp³-hybridized carbons (Fsp3) is 0.316. The van der Waals surface area contributed by atoms with Gasteiger partial charge in [0, 0.05) is 36.9 Å². The Labute approximate surface area is 152 Å². The summed E-state index contributed by atoms with van der Waals surface area (Å²) in [5, 5.41) is 0. The summed E-state index contributed by atoms with van der Waals surface area (Å²) >= 11 is 0. The van der Waals surface area contributed by atoms with E-state index in [0.717, 1.165) is 22.5 Å². The smallest absolute Gasteiger partial charge is 0.159 e. The summed E-state index contributed by atoms with van der Waals surface area (Å²) in [5.41, 5.74) is 2.97. The van der Waals surface area contributed by atoms with Crippen LogP contribution in [0.4, 0.5) is 0 Å². The van der Waals surface area contributed by atoms with Gasteiger partial charge in [-0.3, -0.25) is 0 Å². The summed E-state index contributed by atoms with van der Waals surface area (Å²) < 4.78 is 25.4. The van der Waals surface area contributed by atoms with E-state index in [0.29, 0.717) is 18.8 Å². The first kappa shape index (κ1) is 16.9. The van der Waals surface area contributed by atoms with Crippen LogP contribution in [0, 0.1) is 12.8 Å². The largest absolute Gasteiger partial charge is 0.331 e. The van der Waals surface area contributed by atoms with Gasteiger partial charge in [-0.2, -0.15) is 0 Å². The Kier molecular flexibility index (Phi) is 4.32. The van der Waals surface area contributed by atoms with E-state index in [2.05, 4.69) is 15.0 Å². The van der Waals surface area contributed by atoms with E-state index in [1.807, 2.05) is 42.0 Å². The summed E-state index contributed by atoms with van der Waals surface area (Å²) in [6.07, 6.45) is 7.88. The number of aryl methyl sites for hydroxylation is 1. The fourth-order valence-corrected chi connectivity index (χ4v) is 5.27. The topological polar surface area (TPSA) is 77.7 Å². The van der Waals surface area contributed by atoms with E-state index in [4.69, 9.17) is 0 Å². The van der Waals surface area contributed by atoms with Gasteiger partial charge in [-0.1, -0.05) is 24.3 Å². The van der Waals surface area contributed by atoms with E-state index in [9.17, 15) is 8.42 Å². The second-order valence-electron chi connectivity index (χ2n) is 6.78. The average Bonchev–Trinajstić information content (AvgIpc) is 3.22. The van der Waals surface area contributed by atoms with Crippen LogP contribution in [0.25, 0.3) is 22.8 Å². The lowest BCUT2D eigenvalue weighted by molar-refractivity contribution is 0.493. The van der Waals surface area contributed by atoms with Crippen molar-refractivity contribution in [1.82, 2.24) is 19.5 Å². The molecule has 1 aliphatic heterocycles. The molecule has 0 spiro atoms. The van der Waals surface area contributed by atoms with Crippen molar-refractivity contribution in [2.24, 2.45) is 5.92 Å². The lowest BCUT2D eigenvalue weighted by Crippen LogP contribution is -2.13. The highest BCUT2D eigenvalue weighted by atomic mass is 32.2. The molecule has 6 nitrogen and oxygen atoms in total. The maximum Gasteiger partial charge on any atom is 0.159 e. The first-order valence-electron chi connectivity index (χ1n) is 8.62. The number of nitrogens with zero attached hydrogens (tertiary/aromatic N) is 4. The molecule has 0 unspecified atom stereocenters. The molecule has 3 heterocycles. The lowest BCUT2D eigenvalue weighted by atomic mass is 10.1. The van der Waals surface area contributed by atoms with Gasteiger partial charge in [-0.25, -0.2) is 23.4 Å². The fourth-order valence-electron chi connectivity index (χ4n) is 3.42. The van der Waals surface area contributed by atoms with E-state index in [1.54, 1.807) is 18.6 Å². The van der Waals surface area contributed by atoms with Crippen molar-refractivity contribution < 1.29 is 8.42 Å². The van der Waals surface area contributed by atoms with Crippen LogP contribution in [-0.4, -0.2) is 39.4 Å². The first-order valence-corrected chi connectivity index (χ1v) is 10.4. The SMILES string of the molecule is Cc1ccccc1-c1ncc(-c2nccn2C[C@@H]2CCS(=O)(=O)C2)cn1. The molecule has 4 rings (SSSR count). The van der Waals surface area contributed by atoms with Gasteiger partial charge in [0.1, 0.15) is 5.82 Å². The Morgan fingerprint density at radius 3 is 2.62 bits per heavy atom. The Morgan fingerprint density at radius 2 is 1.92 bits per heavy atom. The number of benzene rings is 1. The molecule has 1 fully saturated rings. The maximum atomic E-state index is 11.7. The molecule has 0 bridgehead atoms. The van der Waals surface area contributed by atoms with Gasteiger partial charge >= 0.3 is 0 Å². The zero-order valence-corrected chi connectivity index (χ0v) is 15.4. The van der Waals surface area contributed by atoms with Gasteiger partial charge in [-0.15, -0.1) is 0 Å². The Bertz CT molecular complexity index is 1030. The van der Waals surface area contributed by atoms with Crippen molar-refractivity contribution in [3.05, 3.63) is 54.6 Å². The number of imidazole rings is 1. The molecular weight excluding hydrogens is 348 g/mol. The molecular formula is C19H20N4O2S. The van der Waals surface area contributed by atoms with E-state index >= 15 is 0 Å². The molecule has 134 valence electrons. The van der Waals surface area contributed by atoms with Crippen molar-refractivity contribution in [3.8, 4) is 22.8 Å². The summed E-state index contributed by atoms with van der Waals surface area (Å²) in [5.74, 6) is 2.14. The molecule has 3 aromatic rings. The normalized spacial score (nSPS) is 18.9. The third-order valence-electron chi connectivity index (χ3n) is 4.79. The third kappa shape index (κ3) is 3.39. The van der Waals surface area contributed by atoms with Crippen molar-refractivity contribution in [1.29, 1.82) is 0 Å². The van der Waals surface area contributed by atoms with Gasteiger partial charge in [0.15, 0.2) is 15.7 Å². The van der Waals surface area contributed by atoms with Crippen molar-refractivity contribution in [3.63, 3.8) is 0 Å². The zero-order chi connectivity index (χ0) is 18.1. The Hall–Kier alpha value is -2.54. The molecule has 0 aliphatic carbocycles. The average molecular weight is 368 g/mol. The van der Waals surface area contributed by atoms with E-state index < -0.39 is 9.84 Å². The molecule has 1 atom stereocenters. The van der Waals surface area contributed by atoms with Gasteiger partial charge in [0.25, 0.3) is 0 Å². The Morgan fingerprint density at radius 1 is 1.15 bits per heavy atom. The first-order chi connectivity index (χ1) is 12.5. The van der Waals surface area contributed by atoms with Crippen LogP contribution in [0.15, 0.2) is 49.1 Å². The summed E-state index contributed by atoms with van der Waals surface area (Å²) in [6, 6.07) is 8.01. The number of hydrogen-bond donors (Lipinski definition) is 0. The zero-order valence-electron chi connectivity index (χ0n) is 14.5. The molecule has 26 heavy (non-hydrogen) atoms. The van der Waals surface area contributed by atoms with Crippen LogP contribution in [0.3, 0.4) is 0 Å². The van der Waals surface area contributed by atoms with E-state index in [1.165, 1.54) is 0 Å². The number of rotatable bonds is 4. The Balaban J connectivity index is 1.57. The quantitative estimate of drug-likeness (QED) is 0.708. The third-order valence-corrected chi connectivity index (χ3v) is 6.63. The second-order valence-corrected chi connectivity index (χ2v) is 9.01. The van der Waals surface area contributed by atoms with Crippen molar-refractivity contribution in [2.45, 2.75) is 19.9 Å². The summed E-state index contributed by atoms with van der Waals surface area (Å²) in [6.45, 7) is 2.68. The van der Waals surface area contributed by atoms with Crippen molar-refractivity contribution in [2.75, 3.05) is 11.5 Å². The van der Waals surface area contributed by atoms with Gasteiger partial charge in [-0.05, 0) is 24.8 Å². The monoisotopic (exact) mass is 368 g/mol. The van der Waals surface area contributed by atoms with Gasteiger partial charge < -0.3 is 4.57 Å². The number of aromatic nitrogens is 4. The predicted octanol–water partition coefficient (Wildman–Crippen LogP) is 2.75. The highest BCUT2D eigenvalue weighted by Gasteiger charge is 2.28. The molecule has 0 N–H and O–H groups in total. The molecule has 0 amide bonds. The summed E-state index contributed by atoms with van der Waals surface area (Å²) in [4.78, 5) is 13.4. The molecule has 1 aliphatic rings. The molecule has 1 aromatic carbocycles.